The minimum Gasteiger partial charge on any atom is -0.341 e. The number of aromatic nitrogens is 3. The fraction of sp³-hybridized carbons (Fsp3) is 0.400. The van der Waals surface area contributed by atoms with E-state index in [0.717, 1.165) is 31.5 Å². The molecule has 0 unspecified atom stereocenters. The summed E-state index contributed by atoms with van der Waals surface area (Å²) in [6.45, 7) is 1.66. The van der Waals surface area contributed by atoms with Gasteiger partial charge in [-0.3, -0.25) is 4.79 Å². The Kier molecular flexibility index (Phi) is 4.62. The molecule has 0 aliphatic carbocycles. The Morgan fingerprint density at radius 3 is 2.55 bits per heavy atom. The van der Waals surface area contributed by atoms with Crippen LogP contribution in [0.2, 0.25) is 0 Å². The first-order chi connectivity index (χ1) is 10.8. The van der Waals surface area contributed by atoms with Gasteiger partial charge in [0.05, 0.1) is 0 Å². The average molecular weight is 317 g/mol. The Hall–Kier alpha value is -2.02. The van der Waals surface area contributed by atoms with Crippen molar-refractivity contribution in [1.29, 1.82) is 0 Å². The van der Waals surface area contributed by atoms with Gasteiger partial charge in [0, 0.05) is 13.1 Å². The van der Waals surface area contributed by atoms with Crippen LogP contribution in [0, 0.1) is 0 Å². The molecular formula is C15H19N5OS. The van der Waals surface area contributed by atoms with E-state index in [2.05, 4.69) is 10.2 Å². The van der Waals surface area contributed by atoms with Crippen molar-refractivity contribution in [3.63, 3.8) is 0 Å². The molecule has 1 saturated heterocycles. The molecule has 0 bridgehead atoms. The van der Waals surface area contributed by atoms with Crippen molar-refractivity contribution in [2.24, 2.45) is 0 Å². The van der Waals surface area contributed by atoms with Gasteiger partial charge in [0.25, 0.3) is 0 Å². The van der Waals surface area contributed by atoms with Crippen LogP contribution >= 0.6 is 11.8 Å². The maximum absolute atomic E-state index is 12.9. The number of nitrogens with zero attached hydrogens (tertiary/aromatic N) is 4. The number of thioether (sulfide) groups is 1. The summed E-state index contributed by atoms with van der Waals surface area (Å²) in [5.74, 6) is 5.92. The van der Waals surface area contributed by atoms with Gasteiger partial charge in [0.2, 0.25) is 11.1 Å². The van der Waals surface area contributed by atoms with Crippen molar-refractivity contribution in [2.45, 2.75) is 29.7 Å². The number of amides is 1. The zero-order valence-electron chi connectivity index (χ0n) is 12.3. The molecule has 2 heterocycles. The molecule has 6 nitrogen and oxygen atoms in total. The number of carbonyl (C=O) groups is 1. The summed E-state index contributed by atoms with van der Waals surface area (Å²) in [5, 5.41) is 7.97. The minimum atomic E-state index is -0.342. The van der Waals surface area contributed by atoms with Gasteiger partial charge in [-0.05, 0) is 24.8 Å². The fourth-order valence-electron chi connectivity index (χ4n) is 2.59. The lowest BCUT2D eigenvalue weighted by atomic mass is 10.1. The van der Waals surface area contributed by atoms with E-state index in [1.807, 2.05) is 35.2 Å². The van der Waals surface area contributed by atoms with Crippen LogP contribution < -0.4 is 5.84 Å². The Bertz CT molecular complexity index is 624. The maximum atomic E-state index is 12.9. The van der Waals surface area contributed by atoms with E-state index >= 15 is 0 Å². The van der Waals surface area contributed by atoms with Crippen molar-refractivity contribution < 1.29 is 4.79 Å². The number of nitrogen functional groups attached to an aromatic ring is 1. The topological polar surface area (TPSA) is 77.0 Å². The van der Waals surface area contributed by atoms with Crippen molar-refractivity contribution in [2.75, 3.05) is 18.9 Å². The summed E-state index contributed by atoms with van der Waals surface area (Å²) in [5.41, 5.74) is 0.964. The molecule has 116 valence electrons. The molecule has 1 aromatic carbocycles. The second-order valence-electron chi connectivity index (χ2n) is 5.32. The van der Waals surface area contributed by atoms with E-state index in [1.54, 1.807) is 0 Å². The number of hydrogen-bond acceptors (Lipinski definition) is 5. The SMILES string of the molecule is Nn1cnnc1S[C@@H](C(=O)N1CCCCC1)c1ccccc1. The van der Waals surface area contributed by atoms with Gasteiger partial charge in [-0.15, -0.1) is 10.2 Å². The smallest absolute Gasteiger partial charge is 0.240 e. The molecule has 3 rings (SSSR count). The van der Waals surface area contributed by atoms with Crippen molar-refractivity contribution in [3.8, 4) is 0 Å². The van der Waals surface area contributed by atoms with Crippen LogP contribution in [0.3, 0.4) is 0 Å². The van der Waals surface area contributed by atoms with Gasteiger partial charge in [0.15, 0.2) is 0 Å². The van der Waals surface area contributed by atoms with Crippen LogP contribution in [0.5, 0.6) is 0 Å². The first-order valence-electron chi connectivity index (χ1n) is 7.41. The summed E-state index contributed by atoms with van der Waals surface area (Å²) in [6, 6.07) is 9.77. The standard InChI is InChI=1S/C15H19N5OS/c16-20-11-17-18-15(20)22-13(12-7-3-1-4-8-12)14(21)19-9-5-2-6-10-19/h1,3-4,7-8,11,13H,2,5-6,9-10,16H2/t13-/m1/s1. The van der Waals surface area contributed by atoms with E-state index in [4.69, 9.17) is 5.84 Å². The summed E-state index contributed by atoms with van der Waals surface area (Å²) in [7, 11) is 0. The molecule has 1 aliphatic rings. The van der Waals surface area contributed by atoms with Gasteiger partial charge in [-0.25, -0.2) is 4.68 Å². The van der Waals surface area contributed by atoms with E-state index in [9.17, 15) is 4.79 Å². The summed E-state index contributed by atoms with van der Waals surface area (Å²) < 4.78 is 1.35. The van der Waals surface area contributed by atoms with Gasteiger partial charge in [0.1, 0.15) is 11.6 Å². The third-order valence-corrected chi connectivity index (χ3v) is 4.97. The lowest BCUT2D eigenvalue weighted by Gasteiger charge is -2.30. The summed E-state index contributed by atoms with van der Waals surface area (Å²) in [4.78, 5) is 14.9. The third kappa shape index (κ3) is 3.24. The molecule has 22 heavy (non-hydrogen) atoms. The zero-order valence-corrected chi connectivity index (χ0v) is 13.1. The Morgan fingerprint density at radius 1 is 1.18 bits per heavy atom. The first kappa shape index (κ1) is 14.9. The average Bonchev–Trinajstić information content (AvgIpc) is 2.98. The number of likely N-dealkylation sites (tertiary alicyclic amines) is 1. The Balaban J connectivity index is 1.85. The molecule has 7 heteroatoms. The van der Waals surface area contributed by atoms with Crippen molar-refractivity contribution in [3.05, 3.63) is 42.2 Å². The number of carbonyl (C=O) groups excluding carboxylic acids is 1. The molecule has 2 aromatic rings. The lowest BCUT2D eigenvalue weighted by molar-refractivity contribution is -0.131. The van der Waals surface area contributed by atoms with E-state index in [1.165, 1.54) is 29.2 Å². The number of piperidine rings is 1. The monoisotopic (exact) mass is 317 g/mol. The molecule has 1 aliphatic heterocycles. The zero-order chi connectivity index (χ0) is 15.4. The van der Waals surface area contributed by atoms with E-state index < -0.39 is 0 Å². The number of benzene rings is 1. The highest BCUT2D eigenvalue weighted by atomic mass is 32.2. The third-order valence-electron chi connectivity index (χ3n) is 3.76. The predicted molar refractivity (Wildman–Crippen MR) is 85.6 cm³/mol. The fourth-order valence-corrected chi connectivity index (χ4v) is 3.61. The molecule has 0 radical (unpaired) electrons. The van der Waals surface area contributed by atoms with E-state index in [-0.39, 0.29) is 11.2 Å². The van der Waals surface area contributed by atoms with Crippen molar-refractivity contribution in [1.82, 2.24) is 19.8 Å². The van der Waals surface area contributed by atoms with Crippen LogP contribution in [-0.4, -0.2) is 38.8 Å². The molecule has 0 saturated carbocycles. The molecule has 1 amide bonds. The summed E-state index contributed by atoms with van der Waals surface area (Å²) in [6.07, 6.45) is 4.79. The van der Waals surface area contributed by atoms with E-state index in [0.29, 0.717) is 5.16 Å². The van der Waals surface area contributed by atoms with Crippen LogP contribution in [0.4, 0.5) is 0 Å². The molecule has 1 aromatic heterocycles. The van der Waals surface area contributed by atoms with Crippen molar-refractivity contribution >= 4 is 17.7 Å². The first-order valence-corrected chi connectivity index (χ1v) is 8.29. The number of nitrogens with two attached hydrogens (primary N) is 1. The highest BCUT2D eigenvalue weighted by Crippen LogP contribution is 2.35. The van der Waals surface area contributed by atoms with Crippen LogP contribution in [0.25, 0.3) is 0 Å². The predicted octanol–water partition coefficient (Wildman–Crippen LogP) is 1.84. The second kappa shape index (κ2) is 6.83. The van der Waals surface area contributed by atoms with Gasteiger partial charge in [-0.1, -0.05) is 42.1 Å². The lowest BCUT2D eigenvalue weighted by Crippen LogP contribution is -2.38. The van der Waals surface area contributed by atoms with Gasteiger partial charge >= 0.3 is 0 Å². The normalized spacial score (nSPS) is 16.5. The minimum absolute atomic E-state index is 0.124. The highest BCUT2D eigenvalue weighted by molar-refractivity contribution is 8.00. The van der Waals surface area contributed by atoms with Crippen LogP contribution in [0.15, 0.2) is 41.8 Å². The Labute approximate surface area is 133 Å². The second-order valence-corrected chi connectivity index (χ2v) is 6.39. The van der Waals surface area contributed by atoms with Gasteiger partial charge in [-0.2, -0.15) is 0 Å². The summed E-state index contributed by atoms with van der Waals surface area (Å²) >= 11 is 1.35. The maximum Gasteiger partial charge on any atom is 0.240 e. The molecule has 1 atom stereocenters. The van der Waals surface area contributed by atoms with Crippen LogP contribution in [-0.2, 0) is 4.79 Å². The number of rotatable bonds is 4. The quantitative estimate of drug-likeness (QED) is 0.688. The van der Waals surface area contributed by atoms with Gasteiger partial charge < -0.3 is 10.7 Å². The molecule has 2 N–H and O–H groups in total. The van der Waals surface area contributed by atoms with Crippen LogP contribution in [0.1, 0.15) is 30.1 Å². The highest BCUT2D eigenvalue weighted by Gasteiger charge is 2.29. The molecular weight excluding hydrogens is 298 g/mol. The molecule has 0 spiro atoms. The number of hydrogen-bond donors (Lipinski definition) is 1. The molecule has 1 fully saturated rings. The Morgan fingerprint density at radius 2 is 1.91 bits per heavy atom. The largest absolute Gasteiger partial charge is 0.341 e.